The molecule has 1 saturated carbocycles. The molecule has 0 spiro atoms. The number of hydrogen-bond donors (Lipinski definition) is 1. The van der Waals surface area contributed by atoms with Gasteiger partial charge in [-0.25, -0.2) is 4.79 Å². The van der Waals surface area contributed by atoms with E-state index in [1.165, 1.54) is 7.11 Å². The summed E-state index contributed by atoms with van der Waals surface area (Å²) in [7, 11) is 1.40. The number of carbonyl (C=O) groups excluding carboxylic acids is 2. The van der Waals surface area contributed by atoms with Crippen molar-refractivity contribution in [3.8, 4) is 11.1 Å². The predicted octanol–water partition coefficient (Wildman–Crippen LogP) is 5.75. The number of methoxy groups -OCH3 is 1. The normalized spacial score (nSPS) is 20.8. The van der Waals surface area contributed by atoms with Gasteiger partial charge in [0.2, 0.25) is 0 Å². The summed E-state index contributed by atoms with van der Waals surface area (Å²) >= 11 is 12.7. The van der Waals surface area contributed by atoms with Crippen LogP contribution in [0.15, 0.2) is 42.2 Å². The molecule has 6 nitrogen and oxygen atoms in total. The number of aldehydes is 1. The fourth-order valence-electron chi connectivity index (χ4n) is 4.49. The maximum atomic E-state index is 12.5. The van der Waals surface area contributed by atoms with E-state index in [1.807, 2.05) is 32.0 Å². The summed E-state index contributed by atoms with van der Waals surface area (Å²) in [6.45, 7) is 4.22. The Labute approximate surface area is 216 Å². The van der Waals surface area contributed by atoms with Gasteiger partial charge < -0.3 is 19.9 Å². The lowest BCUT2D eigenvalue weighted by Crippen LogP contribution is -2.48. The van der Waals surface area contributed by atoms with Crippen molar-refractivity contribution in [2.45, 2.75) is 51.2 Å². The van der Waals surface area contributed by atoms with Crippen LogP contribution in [0.4, 0.5) is 0 Å². The van der Waals surface area contributed by atoms with Crippen molar-refractivity contribution in [3.63, 3.8) is 0 Å². The van der Waals surface area contributed by atoms with Crippen LogP contribution in [0, 0.1) is 6.92 Å². The maximum absolute atomic E-state index is 12.5. The van der Waals surface area contributed by atoms with Gasteiger partial charge in [0.15, 0.2) is 6.29 Å². The lowest BCUT2D eigenvalue weighted by molar-refractivity contribution is -0.145. The zero-order chi connectivity index (χ0) is 25.6. The van der Waals surface area contributed by atoms with Crippen molar-refractivity contribution in [2.75, 3.05) is 20.3 Å². The van der Waals surface area contributed by atoms with Gasteiger partial charge >= 0.3 is 5.97 Å². The zero-order valence-electron chi connectivity index (χ0n) is 20.2. The molecule has 0 heterocycles. The highest BCUT2D eigenvalue weighted by atomic mass is 35.5. The number of halogens is 2. The molecular formula is C27H31Cl2NO5. The van der Waals surface area contributed by atoms with E-state index < -0.39 is 11.5 Å². The first-order valence-electron chi connectivity index (χ1n) is 11.6. The van der Waals surface area contributed by atoms with Crippen LogP contribution in [0.3, 0.4) is 0 Å². The van der Waals surface area contributed by atoms with Crippen LogP contribution < -0.4 is 5.73 Å². The van der Waals surface area contributed by atoms with Gasteiger partial charge in [-0.1, -0.05) is 35.3 Å². The van der Waals surface area contributed by atoms with Crippen molar-refractivity contribution in [2.24, 2.45) is 5.73 Å². The third-order valence-corrected chi connectivity index (χ3v) is 6.84. The summed E-state index contributed by atoms with van der Waals surface area (Å²) in [5.74, 6) is -0.519. The molecule has 0 radical (unpaired) electrons. The molecule has 0 saturated heterocycles. The fourth-order valence-corrected chi connectivity index (χ4v) is 4.88. The van der Waals surface area contributed by atoms with E-state index in [-0.39, 0.29) is 24.0 Å². The molecule has 0 amide bonds. The van der Waals surface area contributed by atoms with Crippen LogP contribution >= 0.6 is 23.2 Å². The number of ether oxygens (including phenoxy) is 3. The Balaban J connectivity index is 2.09. The van der Waals surface area contributed by atoms with E-state index in [1.54, 1.807) is 18.2 Å². The van der Waals surface area contributed by atoms with E-state index in [0.717, 1.165) is 16.7 Å². The molecular weight excluding hydrogens is 489 g/mol. The van der Waals surface area contributed by atoms with Crippen LogP contribution in [-0.2, 0) is 23.8 Å². The van der Waals surface area contributed by atoms with Crippen molar-refractivity contribution >= 4 is 41.0 Å². The van der Waals surface area contributed by atoms with Gasteiger partial charge in [0.05, 0.1) is 17.2 Å². The van der Waals surface area contributed by atoms with Crippen molar-refractivity contribution in [1.82, 2.24) is 0 Å². The summed E-state index contributed by atoms with van der Waals surface area (Å²) in [4.78, 5) is 24.9. The molecule has 8 heteroatoms. The number of aryl methyl sites for hydroxylation is 1. The standard InChI is InChI=1S/C27H31Cl2NO5/c1-4-34-20-9-11-27(30,12-10-20)26(35-25(32)16-33-3)23(15-31)22-13-17(2)21(14-24(22)29)18-5-7-19(28)8-6-18/h5-8,13-15,20H,4,9-12,16,30H2,1-3H3/b26-23-. The highest BCUT2D eigenvalue weighted by molar-refractivity contribution is 6.34. The van der Waals surface area contributed by atoms with E-state index in [0.29, 0.717) is 54.2 Å². The van der Waals surface area contributed by atoms with Crippen LogP contribution in [0.1, 0.15) is 43.7 Å². The van der Waals surface area contributed by atoms with Gasteiger partial charge in [0, 0.05) is 29.3 Å². The molecule has 1 fully saturated rings. The van der Waals surface area contributed by atoms with Crippen LogP contribution in [-0.4, -0.2) is 44.2 Å². The zero-order valence-corrected chi connectivity index (χ0v) is 21.7. The van der Waals surface area contributed by atoms with Crippen molar-refractivity contribution in [3.05, 3.63) is 63.3 Å². The number of rotatable bonds is 9. The number of carbonyl (C=O) groups is 2. The first-order chi connectivity index (χ1) is 16.7. The third kappa shape index (κ3) is 6.51. The number of esters is 1. The highest BCUT2D eigenvalue weighted by Crippen LogP contribution is 2.40. The van der Waals surface area contributed by atoms with E-state index in [9.17, 15) is 9.59 Å². The monoisotopic (exact) mass is 519 g/mol. The van der Waals surface area contributed by atoms with Gasteiger partial charge in [-0.05, 0) is 80.5 Å². The molecule has 3 rings (SSSR count). The smallest absolute Gasteiger partial charge is 0.337 e. The Hall–Kier alpha value is -2.22. The van der Waals surface area contributed by atoms with Crippen molar-refractivity contribution in [1.29, 1.82) is 0 Å². The van der Waals surface area contributed by atoms with Gasteiger partial charge in [0.25, 0.3) is 0 Å². The lowest BCUT2D eigenvalue weighted by Gasteiger charge is -2.38. The summed E-state index contributed by atoms with van der Waals surface area (Å²) < 4.78 is 16.4. The summed E-state index contributed by atoms with van der Waals surface area (Å²) in [6, 6.07) is 11.0. The average Bonchev–Trinajstić information content (AvgIpc) is 2.83. The van der Waals surface area contributed by atoms with Crippen LogP contribution in [0.25, 0.3) is 16.7 Å². The maximum Gasteiger partial charge on any atom is 0.337 e. The van der Waals surface area contributed by atoms with Crippen molar-refractivity contribution < 1.29 is 23.8 Å². The Kier molecular flexibility index (Phi) is 9.50. The molecule has 0 aliphatic heterocycles. The predicted molar refractivity (Wildman–Crippen MR) is 138 cm³/mol. The van der Waals surface area contributed by atoms with E-state index >= 15 is 0 Å². The molecule has 0 bridgehead atoms. The largest absolute Gasteiger partial charge is 0.427 e. The molecule has 1 aliphatic rings. The highest BCUT2D eigenvalue weighted by Gasteiger charge is 2.40. The van der Waals surface area contributed by atoms with Gasteiger partial charge in [-0.15, -0.1) is 0 Å². The molecule has 1 aliphatic carbocycles. The molecule has 35 heavy (non-hydrogen) atoms. The Morgan fingerprint density at radius 3 is 2.40 bits per heavy atom. The molecule has 188 valence electrons. The first-order valence-corrected chi connectivity index (χ1v) is 12.3. The van der Waals surface area contributed by atoms with E-state index in [4.69, 9.17) is 43.1 Å². The quantitative estimate of drug-likeness (QED) is 0.196. The van der Waals surface area contributed by atoms with E-state index in [2.05, 4.69) is 0 Å². The van der Waals surface area contributed by atoms with Gasteiger partial charge in [-0.3, -0.25) is 4.79 Å². The topological polar surface area (TPSA) is 87.8 Å². The minimum absolute atomic E-state index is 0.0803. The first kappa shape index (κ1) is 27.4. The second-order valence-electron chi connectivity index (χ2n) is 8.73. The second kappa shape index (κ2) is 12.2. The number of nitrogens with two attached hydrogens (primary N) is 1. The van der Waals surface area contributed by atoms with Crippen LogP contribution in [0.5, 0.6) is 0 Å². The molecule has 2 aromatic rings. The SMILES string of the molecule is CCOC1CCC(N)(/C(OC(=O)COC)=C(\C=O)c2cc(C)c(-c3ccc(Cl)cc3)cc2Cl)CC1. The molecule has 0 aromatic heterocycles. The average molecular weight is 520 g/mol. The van der Waals surface area contributed by atoms with Gasteiger partial charge in [-0.2, -0.15) is 0 Å². The second-order valence-corrected chi connectivity index (χ2v) is 9.58. The lowest BCUT2D eigenvalue weighted by atomic mass is 9.77. The molecule has 2 aromatic carbocycles. The minimum Gasteiger partial charge on any atom is -0.427 e. The Morgan fingerprint density at radius 1 is 1.17 bits per heavy atom. The number of benzene rings is 2. The fraction of sp³-hybridized carbons (Fsp3) is 0.407. The summed E-state index contributed by atoms with van der Waals surface area (Å²) in [5.41, 5.74) is 9.10. The summed E-state index contributed by atoms with van der Waals surface area (Å²) in [6.07, 6.45) is 3.08. The molecule has 2 N–H and O–H groups in total. The number of hydrogen-bond acceptors (Lipinski definition) is 6. The number of allylic oxidation sites excluding steroid dienone is 1. The molecule has 0 atom stereocenters. The van der Waals surface area contributed by atoms with Crippen LogP contribution in [0.2, 0.25) is 10.0 Å². The third-order valence-electron chi connectivity index (χ3n) is 6.28. The molecule has 0 unspecified atom stereocenters. The Bertz CT molecular complexity index is 1090. The Morgan fingerprint density at radius 2 is 1.83 bits per heavy atom. The minimum atomic E-state index is -1.03. The van der Waals surface area contributed by atoms with Gasteiger partial charge in [0.1, 0.15) is 12.4 Å². The summed E-state index contributed by atoms with van der Waals surface area (Å²) in [5, 5.41) is 0.977.